The second-order valence-corrected chi connectivity index (χ2v) is 5.33. The Hall–Kier alpha value is -1.52. The fourth-order valence-corrected chi connectivity index (χ4v) is 2.90. The van der Waals surface area contributed by atoms with Crippen LogP contribution in [0, 0.1) is 6.92 Å². The lowest BCUT2D eigenvalue weighted by atomic mass is 10.0. The number of Topliss-reactive ketones (excluding diaryl/α,β-unsaturated/α-hetero) is 1. The fourth-order valence-electron chi connectivity index (χ4n) is 2.12. The predicted molar refractivity (Wildman–Crippen MR) is 77.5 cm³/mol. The first-order valence-corrected chi connectivity index (χ1v) is 7.12. The van der Waals surface area contributed by atoms with Crippen LogP contribution < -0.4 is 21.5 Å². The van der Waals surface area contributed by atoms with Gasteiger partial charge in [-0.25, -0.2) is 0 Å². The zero-order valence-electron chi connectivity index (χ0n) is 11.0. The summed E-state index contributed by atoms with van der Waals surface area (Å²) in [6, 6.07) is 14.0. The molecule has 0 aliphatic rings. The van der Waals surface area contributed by atoms with E-state index in [0.29, 0.717) is 6.54 Å². The number of thiazole rings is 1. The van der Waals surface area contributed by atoms with Crippen molar-refractivity contribution in [2.45, 2.75) is 13.5 Å². The van der Waals surface area contributed by atoms with Crippen LogP contribution in [0.5, 0.6) is 0 Å². The molecule has 0 unspecified atom stereocenters. The van der Waals surface area contributed by atoms with E-state index in [1.807, 2.05) is 58.8 Å². The Kier molecular flexibility index (Phi) is 4.68. The molecule has 0 radical (unpaired) electrons. The number of nitrogens with zero attached hydrogens (tertiary/aromatic N) is 1. The zero-order chi connectivity index (χ0) is 13.2. The number of carbonyl (C=O) groups excluding carboxylic acids is 1. The van der Waals surface area contributed by atoms with Gasteiger partial charge in [-0.15, -0.1) is 0 Å². The summed E-state index contributed by atoms with van der Waals surface area (Å²) in [5.74, 6) is 0.150. The quantitative estimate of drug-likeness (QED) is 0.495. The lowest BCUT2D eigenvalue weighted by molar-refractivity contribution is -0.684. The van der Waals surface area contributed by atoms with Gasteiger partial charge in [0.15, 0.2) is 5.69 Å². The molecule has 4 heteroatoms. The van der Waals surface area contributed by atoms with Crippen LogP contribution in [0.2, 0.25) is 0 Å². The first-order chi connectivity index (χ1) is 9.24. The molecule has 0 amide bonds. The summed E-state index contributed by atoms with van der Waals surface area (Å²) in [4.78, 5) is 12.3. The highest BCUT2D eigenvalue weighted by Gasteiger charge is 2.15. The van der Waals surface area contributed by atoms with Gasteiger partial charge in [-0.1, -0.05) is 47.7 Å². The van der Waals surface area contributed by atoms with Gasteiger partial charge in [0.05, 0.1) is 5.38 Å². The average Bonchev–Trinajstić information content (AvgIpc) is 2.84. The third kappa shape index (κ3) is 2.97. The summed E-state index contributed by atoms with van der Waals surface area (Å²) < 4.78 is 1.99. The van der Waals surface area contributed by atoms with E-state index in [1.165, 1.54) is 5.39 Å². The average molecular weight is 348 g/mol. The Balaban J connectivity index is 0.00000147. The maximum atomic E-state index is 12.3. The molecule has 1 heterocycles. The Morgan fingerprint density at radius 1 is 1.15 bits per heavy atom. The maximum Gasteiger partial charge on any atom is 0.227 e. The van der Waals surface area contributed by atoms with Gasteiger partial charge in [-0.3, -0.25) is 4.79 Å². The Bertz CT molecular complexity index is 751. The summed E-state index contributed by atoms with van der Waals surface area (Å²) in [6.07, 6.45) is 0. The van der Waals surface area contributed by atoms with Crippen molar-refractivity contribution in [3.63, 3.8) is 0 Å². The first-order valence-electron chi connectivity index (χ1n) is 6.18. The molecule has 3 rings (SSSR count). The van der Waals surface area contributed by atoms with Crippen molar-refractivity contribution in [1.82, 2.24) is 0 Å². The third-order valence-corrected chi connectivity index (χ3v) is 4.12. The molecule has 0 spiro atoms. The highest BCUT2D eigenvalue weighted by Crippen LogP contribution is 2.16. The molecule has 0 N–H and O–H groups in total. The number of halogens is 1. The number of fused-ring (bicyclic) bond motifs is 1. The molecule has 2 nitrogen and oxygen atoms in total. The summed E-state index contributed by atoms with van der Waals surface area (Å²) in [5.41, 5.74) is 3.88. The molecule has 0 saturated carbocycles. The van der Waals surface area contributed by atoms with Crippen LogP contribution in [0.15, 0.2) is 53.4 Å². The summed E-state index contributed by atoms with van der Waals surface area (Å²) in [6.45, 7) is 2.43. The summed E-state index contributed by atoms with van der Waals surface area (Å²) in [7, 11) is 0. The fraction of sp³-hybridized carbons (Fsp3) is 0.125. The molecule has 102 valence electrons. The van der Waals surface area contributed by atoms with Crippen molar-refractivity contribution in [3.8, 4) is 0 Å². The van der Waals surface area contributed by atoms with Gasteiger partial charge in [0, 0.05) is 12.5 Å². The molecular formula is C16H14BrNOS. The lowest BCUT2D eigenvalue weighted by Crippen LogP contribution is -3.00. The molecule has 0 atom stereocenters. The van der Waals surface area contributed by atoms with Crippen LogP contribution in [0.4, 0.5) is 0 Å². The van der Waals surface area contributed by atoms with Crippen molar-refractivity contribution in [2.24, 2.45) is 0 Å². The number of ketones is 1. The van der Waals surface area contributed by atoms with E-state index in [0.717, 1.165) is 16.6 Å². The molecule has 0 aliphatic carbocycles. The molecule has 2 aromatic carbocycles. The number of rotatable bonds is 3. The van der Waals surface area contributed by atoms with Gasteiger partial charge >= 0.3 is 0 Å². The van der Waals surface area contributed by atoms with E-state index in [9.17, 15) is 4.79 Å². The molecule has 0 bridgehead atoms. The van der Waals surface area contributed by atoms with E-state index < -0.39 is 0 Å². The van der Waals surface area contributed by atoms with Crippen molar-refractivity contribution in [3.05, 3.63) is 64.6 Å². The molecular weight excluding hydrogens is 334 g/mol. The topological polar surface area (TPSA) is 20.9 Å². The van der Waals surface area contributed by atoms with E-state index >= 15 is 0 Å². The lowest BCUT2D eigenvalue weighted by Gasteiger charge is -2.01. The largest absolute Gasteiger partial charge is 1.00 e. The van der Waals surface area contributed by atoms with Crippen molar-refractivity contribution in [2.75, 3.05) is 0 Å². The minimum absolute atomic E-state index is 0. The van der Waals surface area contributed by atoms with Crippen molar-refractivity contribution >= 4 is 27.9 Å². The van der Waals surface area contributed by atoms with Crippen LogP contribution in [-0.2, 0) is 6.54 Å². The number of hydrogen-bond donors (Lipinski definition) is 0. The van der Waals surface area contributed by atoms with Gasteiger partial charge in [0.25, 0.3) is 0 Å². The van der Waals surface area contributed by atoms with Crippen LogP contribution in [0.1, 0.15) is 16.1 Å². The number of aryl methyl sites for hydroxylation is 1. The zero-order valence-corrected chi connectivity index (χ0v) is 13.4. The normalized spacial score (nSPS) is 10.2. The number of benzene rings is 2. The van der Waals surface area contributed by atoms with E-state index in [2.05, 4.69) is 6.07 Å². The Morgan fingerprint density at radius 3 is 2.60 bits per heavy atom. The minimum atomic E-state index is 0. The van der Waals surface area contributed by atoms with Crippen LogP contribution in [-0.4, -0.2) is 5.78 Å². The molecule has 3 aromatic rings. The van der Waals surface area contributed by atoms with Crippen LogP contribution >= 0.6 is 11.3 Å². The van der Waals surface area contributed by atoms with Gasteiger partial charge in [0.2, 0.25) is 17.8 Å². The van der Waals surface area contributed by atoms with Crippen LogP contribution in [0.25, 0.3) is 10.8 Å². The predicted octanol–water partition coefficient (Wildman–Crippen LogP) is 0.384. The maximum absolute atomic E-state index is 12.3. The van der Waals surface area contributed by atoms with Crippen molar-refractivity contribution < 1.29 is 26.3 Å². The second kappa shape index (κ2) is 6.29. The van der Waals surface area contributed by atoms with Gasteiger partial charge in [-0.2, -0.15) is 4.57 Å². The Labute approximate surface area is 132 Å². The van der Waals surface area contributed by atoms with E-state index in [-0.39, 0.29) is 22.8 Å². The first kappa shape index (κ1) is 14.9. The monoisotopic (exact) mass is 347 g/mol. The molecule has 1 aromatic heterocycles. The second-order valence-electron chi connectivity index (χ2n) is 4.61. The highest BCUT2D eigenvalue weighted by molar-refractivity contribution is 7.07. The van der Waals surface area contributed by atoms with Gasteiger partial charge in [-0.05, 0) is 16.8 Å². The van der Waals surface area contributed by atoms with Gasteiger partial charge < -0.3 is 17.0 Å². The van der Waals surface area contributed by atoms with E-state index in [1.54, 1.807) is 11.3 Å². The minimum Gasteiger partial charge on any atom is -1.00 e. The van der Waals surface area contributed by atoms with Gasteiger partial charge in [0.1, 0.15) is 0 Å². The SMILES string of the molecule is Cc1csc[n+]1CC(=O)c1ccc2ccccc2c1.[Br-]. The summed E-state index contributed by atoms with van der Waals surface area (Å²) in [5, 5.41) is 4.33. The standard InChI is InChI=1S/C16H14NOS.BrH/c1-12-10-19-11-17(12)9-16(18)15-7-6-13-4-2-3-5-14(13)8-15;/h2-8,10-11H,9H2,1H3;1H/q+1;/p-1. The molecule has 0 fully saturated rings. The van der Waals surface area contributed by atoms with Crippen molar-refractivity contribution in [1.29, 1.82) is 0 Å². The number of aromatic nitrogens is 1. The molecule has 20 heavy (non-hydrogen) atoms. The summed E-state index contributed by atoms with van der Waals surface area (Å²) >= 11 is 1.62. The Morgan fingerprint density at radius 2 is 1.90 bits per heavy atom. The molecule has 0 saturated heterocycles. The van der Waals surface area contributed by atoms with E-state index in [4.69, 9.17) is 0 Å². The molecule has 0 aliphatic heterocycles. The number of carbonyl (C=O) groups is 1. The smallest absolute Gasteiger partial charge is 0.227 e. The third-order valence-electron chi connectivity index (χ3n) is 3.27. The number of hydrogen-bond acceptors (Lipinski definition) is 2. The van der Waals surface area contributed by atoms with Crippen LogP contribution in [0.3, 0.4) is 0 Å². The highest BCUT2D eigenvalue weighted by atomic mass is 79.9.